The van der Waals surface area contributed by atoms with Crippen molar-refractivity contribution in [2.75, 3.05) is 33.3 Å². The summed E-state index contributed by atoms with van der Waals surface area (Å²) in [7, 11) is 1.67. The number of halogens is 1. The van der Waals surface area contributed by atoms with Crippen molar-refractivity contribution >= 4 is 11.8 Å². The van der Waals surface area contributed by atoms with Gasteiger partial charge in [0.05, 0.1) is 7.11 Å². The molecule has 2 aliphatic rings. The summed E-state index contributed by atoms with van der Waals surface area (Å²) in [5, 5.41) is 2.87. The maximum Gasteiger partial charge on any atom is 0.254 e. The maximum atomic E-state index is 13.5. The van der Waals surface area contributed by atoms with Crippen LogP contribution in [0.2, 0.25) is 0 Å². The van der Waals surface area contributed by atoms with Crippen LogP contribution in [0.15, 0.2) is 48.5 Å². The van der Waals surface area contributed by atoms with Crippen LogP contribution in [0.5, 0.6) is 5.75 Å². The van der Waals surface area contributed by atoms with Gasteiger partial charge in [-0.15, -0.1) is 0 Å². The van der Waals surface area contributed by atoms with Gasteiger partial charge in [-0.1, -0.05) is 31.4 Å². The Morgan fingerprint density at radius 2 is 1.89 bits per heavy atom. The van der Waals surface area contributed by atoms with Crippen LogP contribution in [0.4, 0.5) is 4.39 Å². The molecule has 2 atom stereocenters. The van der Waals surface area contributed by atoms with E-state index in [-0.39, 0.29) is 17.9 Å². The summed E-state index contributed by atoms with van der Waals surface area (Å²) in [6.45, 7) is 2.77. The highest BCUT2D eigenvalue weighted by Crippen LogP contribution is 2.31. The predicted molar refractivity (Wildman–Crippen MR) is 142 cm³/mol. The van der Waals surface area contributed by atoms with Crippen LogP contribution in [0.25, 0.3) is 0 Å². The highest BCUT2D eigenvalue weighted by Gasteiger charge is 2.42. The number of hydrogen-bond donors (Lipinski definition) is 2. The lowest BCUT2D eigenvalue weighted by Gasteiger charge is -2.34. The Bertz CT molecular complexity index is 1040. The topological polar surface area (TPSA) is 87.9 Å². The number of likely N-dealkylation sites (tertiary alicyclic amines) is 1. The van der Waals surface area contributed by atoms with Gasteiger partial charge < -0.3 is 20.7 Å². The van der Waals surface area contributed by atoms with Crippen molar-refractivity contribution in [2.24, 2.45) is 11.7 Å². The molecule has 0 radical (unpaired) electrons. The fourth-order valence-corrected chi connectivity index (χ4v) is 5.67. The van der Waals surface area contributed by atoms with Gasteiger partial charge in [0.15, 0.2) is 0 Å². The molecule has 4 rings (SSSR count). The third kappa shape index (κ3) is 7.08. The normalized spacial score (nSPS) is 20.3. The van der Waals surface area contributed by atoms with Crippen LogP contribution in [0.3, 0.4) is 0 Å². The number of hydrogen-bond acceptors (Lipinski definition) is 5. The molecule has 1 aliphatic carbocycles. The van der Waals surface area contributed by atoms with Crippen molar-refractivity contribution in [3.63, 3.8) is 0 Å². The molecule has 2 fully saturated rings. The molecule has 2 unspecified atom stereocenters. The molecule has 200 valence electrons. The Morgan fingerprint density at radius 1 is 1.14 bits per heavy atom. The Labute approximate surface area is 219 Å². The first kappa shape index (κ1) is 27.1. The molecule has 1 heterocycles. The van der Waals surface area contributed by atoms with Crippen LogP contribution in [-0.2, 0) is 11.3 Å². The van der Waals surface area contributed by atoms with Crippen LogP contribution >= 0.6 is 0 Å². The summed E-state index contributed by atoms with van der Waals surface area (Å²) in [6, 6.07) is 13.0. The number of nitrogens with two attached hydrogens (primary N) is 1. The summed E-state index contributed by atoms with van der Waals surface area (Å²) in [4.78, 5) is 30.8. The van der Waals surface area contributed by atoms with Crippen LogP contribution in [0.1, 0.15) is 54.4 Å². The molecule has 2 aromatic rings. The standard InChI is InChI=1S/C29H39FN4O3/c1-37-26-9-5-8-22(16-26)19-33(18-21-6-3-2-4-7-21)25-17-27(28(35)32-15-14-31)34(20-25)29(36)23-10-12-24(30)13-11-23/h5,8-13,16,21,25,27H,2-4,6-7,14-15,17-20,31H2,1H3,(H,32,35). The van der Waals surface area contributed by atoms with Crippen LogP contribution in [0, 0.1) is 11.7 Å². The Morgan fingerprint density at radius 3 is 2.59 bits per heavy atom. The lowest BCUT2D eigenvalue weighted by molar-refractivity contribution is -0.124. The molecule has 1 saturated heterocycles. The third-order valence-electron chi connectivity index (χ3n) is 7.63. The molecule has 7 nitrogen and oxygen atoms in total. The zero-order chi connectivity index (χ0) is 26.2. The zero-order valence-electron chi connectivity index (χ0n) is 21.7. The molecule has 37 heavy (non-hydrogen) atoms. The van der Waals surface area contributed by atoms with E-state index in [0.29, 0.717) is 44.1 Å². The predicted octanol–water partition coefficient (Wildman–Crippen LogP) is 3.57. The summed E-state index contributed by atoms with van der Waals surface area (Å²) in [6.07, 6.45) is 6.75. The van der Waals surface area contributed by atoms with Gasteiger partial charge in [-0.3, -0.25) is 14.5 Å². The molecule has 3 N–H and O–H groups in total. The molecule has 2 amide bonds. The van der Waals surface area contributed by atoms with Crippen molar-refractivity contribution in [2.45, 2.75) is 57.2 Å². The average Bonchev–Trinajstić information content (AvgIpc) is 3.38. The summed E-state index contributed by atoms with van der Waals surface area (Å²) >= 11 is 0. The molecule has 2 aromatic carbocycles. The number of carbonyl (C=O) groups excluding carboxylic acids is 2. The first-order valence-electron chi connectivity index (χ1n) is 13.4. The van der Waals surface area contributed by atoms with E-state index >= 15 is 0 Å². The number of ether oxygens (including phenoxy) is 1. The zero-order valence-corrected chi connectivity index (χ0v) is 21.7. The van der Waals surface area contributed by atoms with Gasteiger partial charge in [0.1, 0.15) is 17.6 Å². The highest BCUT2D eigenvalue weighted by molar-refractivity contribution is 5.98. The number of nitrogens with zero attached hydrogens (tertiary/aromatic N) is 2. The molecule has 0 aromatic heterocycles. The van der Waals surface area contributed by atoms with Crippen LogP contribution < -0.4 is 15.8 Å². The van der Waals surface area contributed by atoms with E-state index in [4.69, 9.17) is 10.5 Å². The minimum atomic E-state index is -0.603. The number of amides is 2. The highest BCUT2D eigenvalue weighted by atomic mass is 19.1. The summed E-state index contributed by atoms with van der Waals surface area (Å²) in [5.74, 6) is 0.571. The van der Waals surface area contributed by atoms with Gasteiger partial charge in [-0.05, 0) is 67.1 Å². The average molecular weight is 511 g/mol. The number of benzene rings is 2. The van der Waals surface area contributed by atoms with Gasteiger partial charge in [0, 0.05) is 44.3 Å². The van der Waals surface area contributed by atoms with Crippen molar-refractivity contribution in [1.82, 2.24) is 15.1 Å². The molecule has 1 saturated carbocycles. The second kappa shape index (κ2) is 13.0. The van der Waals surface area contributed by atoms with E-state index in [9.17, 15) is 14.0 Å². The monoisotopic (exact) mass is 510 g/mol. The largest absolute Gasteiger partial charge is 0.497 e. The van der Waals surface area contributed by atoms with E-state index in [2.05, 4.69) is 22.3 Å². The minimum Gasteiger partial charge on any atom is -0.497 e. The third-order valence-corrected chi connectivity index (χ3v) is 7.63. The second-order valence-corrected chi connectivity index (χ2v) is 10.2. The second-order valence-electron chi connectivity index (χ2n) is 10.2. The van der Waals surface area contributed by atoms with E-state index in [1.165, 1.54) is 56.4 Å². The minimum absolute atomic E-state index is 0.0196. The van der Waals surface area contributed by atoms with E-state index in [1.807, 2.05) is 12.1 Å². The van der Waals surface area contributed by atoms with Crippen molar-refractivity contribution < 1.29 is 18.7 Å². The van der Waals surface area contributed by atoms with E-state index < -0.39 is 11.9 Å². The molecule has 0 spiro atoms. The molecule has 0 bridgehead atoms. The Kier molecular flexibility index (Phi) is 9.52. The van der Waals surface area contributed by atoms with Gasteiger partial charge in [0.25, 0.3) is 5.91 Å². The number of nitrogens with one attached hydrogen (secondary N) is 1. The van der Waals surface area contributed by atoms with Crippen molar-refractivity contribution in [3.8, 4) is 5.75 Å². The fraction of sp³-hybridized carbons (Fsp3) is 0.517. The van der Waals surface area contributed by atoms with Gasteiger partial charge in [-0.2, -0.15) is 0 Å². The molecular weight excluding hydrogens is 471 g/mol. The van der Waals surface area contributed by atoms with Crippen molar-refractivity contribution in [1.29, 1.82) is 0 Å². The maximum absolute atomic E-state index is 13.5. The van der Waals surface area contributed by atoms with Crippen LogP contribution in [-0.4, -0.2) is 67.0 Å². The van der Waals surface area contributed by atoms with Gasteiger partial charge in [0.2, 0.25) is 5.91 Å². The number of methoxy groups -OCH3 is 1. The van der Waals surface area contributed by atoms with Gasteiger partial charge >= 0.3 is 0 Å². The molecule has 1 aliphatic heterocycles. The first-order chi connectivity index (χ1) is 18.0. The molecule has 8 heteroatoms. The van der Waals surface area contributed by atoms with Crippen molar-refractivity contribution in [3.05, 3.63) is 65.5 Å². The fourth-order valence-electron chi connectivity index (χ4n) is 5.67. The first-order valence-corrected chi connectivity index (χ1v) is 13.4. The number of carbonyl (C=O) groups is 2. The number of rotatable bonds is 10. The SMILES string of the molecule is COc1cccc(CN(CC2CCCCC2)C2CC(C(=O)NCCN)N(C(=O)c3ccc(F)cc3)C2)c1. The van der Waals surface area contributed by atoms with E-state index in [1.54, 1.807) is 12.0 Å². The quantitative estimate of drug-likeness (QED) is 0.510. The summed E-state index contributed by atoms with van der Waals surface area (Å²) in [5.41, 5.74) is 7.14. The van der Waals surface area contributed by atoms with Gasteiger partial charge in [-0.25, -0.2) is 4.39 Å². The molecular formula is C29H39FN4O3. The Balaban J connectivity index is 1.59. The summed E-state index contributed by atoms with van der Waals surface area (Å²) < 4.78 is 18.9. The lowest BCUT2D eigenvalue weighted by atomic mass is 9.88. The smallest absolute Gasteiger partial charge is 0.254 e. The lowest BCUT2D eigenvalue weighted by Crippen LogP contribution is -2.47. The van der Waals surface area contributed by atoms with E-state index in [0.717, 1.165) is 17.9 Å². The Hall–Kier alpha value is -2.97.